The molecule has 2 aromatic rings. The molecule has 0 spiro atoms. The number of benzene rings is 1. The highest BCUT2D eigenvalue weighted by atomic mass is 79.9. The van der Waals surface area contributed by atoms with E-state index in [2.05, 4.69) is 15.9 Å². The molecule has 0 aliphatic heterocycles. The van der Waals surface area contributed by atoms with Crippen LogP contribution in [0.15, 0.2) is 45.8 Å². The lowest BCUT2D eigenvalue weighted by Crippen LogP contribution is -2.22. The number of methoxy groups -OCH3 is 1. The van der Waals surface area contributed by atoms with Gasteiger partial charge in [0.15, 0.2) is 0 Å². The van der Waals surface area contributed by atoms with Crippen LogP contribution in [-0.4, -0.2) is 18.3 Å². The Kier molecular flexibility index (Phi) is 4.68. The predicted octanol–water partition coefficient (Wildman–Crippen LogP) is 2.28. The molecule has 0 atom stereocenters. The van der Waals surface area contributed by atoms with Gasteiger partial charge in [-0.05, 0) is 40.2 Å². The Balaban J connectivity index is 1.99. The first-order valence-corrected chi connectivity index (χ1v) is 6.82. The van der Waals surface area contributed by atoms with Gasteiger partial charge in [0.25, 0.3) is 5.56 Å². The first kappa shape index (κ1) is 14.5. The van der Waals surface area contributed by atoms with Gasteiger partial charge in [0, 0.05) is 18.0 Å². The molecular formula is C14H15BrN2O3. The zero-order valence-electron chi connectivity index (χ0n) is 11.0. The molecule has 0 unspecified atom stereocenters. The van der Waals surface area contributed by atoms with Gasteiger partial charge in [-0.15, -0.1) is 0 Å². The fourth-order valence-electron chi connectivity index (χ4n) is 1.70. The maximum absolute atomic E-state index is 11.6. The third kappa shape index (κ3) is 3.54. The number of nitrogens with zero attached hydrogens (tertiary/aromatic N) is 1. The summed E-state index contributed by atoms with van der Waals surface area (Å²) in [7, 11) is 1.61. The summed E-state index contributed by atoms with van der Waals surface area (Å²) in [4.78, 5) is 11.6. The van der Waals surface area contributed by atoms with Crippen LogP contribution in [0.25, 0.3) is 0 Å². The third-order valence-corrected chi connectivity index (χ3v) is 3.35. The fraction of sp³-hybridized carbons (Fsp3) is 0.214. The molecule has 0 radical (unpaired) electrons. The Morgan fingerprint density at radius 3 is 2.80 bits per heavy atom. The number of anilines is 1. The van der Waals surface area contributed by atoms with Crippen LogP contribution in [0.3, 0.4) is 0 Å². The molecule has 1 aromatic carbocycles. The summed E-state index contributed by atoms with van der Waals surface area (Å²) in [6.07, 6.45) is 1.61. The Morgan fingerprint density at radius 2 is 2.10 bits per heavy atom. The highest BCUT2D eigenvalue weighted by Crippen LogP contribution is 2.28. The summed E-state index contributed by atoms with van der Waals surface area (Å²) in [5, 5.41) is 0. The van der Waals surface area contributed by atoms with E-state index >= 15 is 0 Å². The summed E-state index contributed by atoms with van der Waals surface area (Å²) in [6.45, 7) is 0.802. The molecule has 2 N–H and O–H groups in total. The smallest absolute Gasteiger partial charge is 0.250 e. The van der Waals surface area contributed by atoms with Crippen LogP contribution < -0.4 is 20.8 Å². The Labute approximate surface area is 125 Å². The molecule has 6 heteroatoms. The van der Waals surface area contributed by atoms with E-state index < -0.39 is 0 Å². The topological polar surface area (TPSA) is 66.5 Å². The molecule has 2 rings (SSSR count). The number of hydrogen-bond acceptors (Lipinski definition) is 4. The summed E-state index contributed by atoms with van der Waals surface area (Å²) >= 11 is 3.41. The molecule has 0 saturated carbocycles. The van der Waals surface area contributed by atoms with Gasteiger partial charge in [-0.3, -0.25) is 4.79 Å². The molecule has 0 fully saturated rings. The number of ether oxygens (including phenoxy) is 2. The SMILES string of the molecule is COc1ccc(OCCn2cc(N)ccc2=O)c(Br)c1. The van der Waals surface area contributed by atoms with Crippen molar-refractivity contribution >= 4 is 21.6 Å². The summed E-state index contributed by atoms with van der Waals surface area (Å²) in [5.74, 6) is 1.44. The quantitative estimate of drug-likeness (QED) is 0.908. The van der Waals surface area contributed by atoms with E-state index in [1.807, 2.05) is 18.2 Å². The van der Waals surface area contributed by atoms with E-state index in [0.29, 0.717) is 24.6 Å². The van der Waals surface area contributed by atoms with Crippen molar-refractivity contribution < 1.29 is 9.47 Å². The Bertz CT molecular complexity index is 655. The van der Waals surface area contributed by atoms with Gasteiger partial charge in [-0.1, -0.05) is 0 Å². The molecule has 0 saturated heterocycles. The van der Waals surface area contributed by atoms with E-state index in [0.717, 1.165) is 10.2 Å². The second-order valence-electron chi connectivity index (χ2n) is 4.14. The number of hydrogen-bond donors (Lipinski definition) is 1. The molecular weight excluding hydrogens is 324 g/mol. The number of nitrogen functional groups attached to an aromatic ring is 1. The van der Waals surface area contributed by atoms with Crippen LogP contribution in [-0.2, 0) is 6.54 Å². The van der Waals surface area contributed by atoms with Crippen molar-refractivity contribution in [1.82, 2.24) is 4.57 Å². The Morgan fingerprint density at radius 1 is 1.30 bits per heavy atom. The molecule has 0 aliphatic carbocycles. The molecule has 0 amide bonds. The third-order valence-electron chi connectivity index (χ3n) is 2.74. The minimum absolute atomic E-state index is 0.100. The molecule has 20 heavy (non-hydrogen) atoms. The number of rotatable bonds is 5. The Hall–Kier alpha value is -1.95. The van der Waals surface area contributed by atoms with E-state index in [-0.39, 0.29) is 5.56 Å². The summed E-state index contributed by atoms with van der Waals surface area (Å²) < 4.78 is 13.1. The van der Waals surface area contributed by atoms with Crippen molar-refractivity contribution in [2.45, 2.75) is 6.54 Å². The van der Waals surface area contributed by atoms with E-state index in [1.165, 1.54) is 10.6 Å². The van der Waals surface area contributed by atoms with Crippen molar-refractivity contribution in [3.8, 4) is 11.5 Å². The highest BCUT2D eigenvalue weighted by molar-refractivity contribution is 9.10. The lowest BCUT2D eigenvalue weighted by atomic mass is 10.3. The maximum Gasteiger partial charge on any atom is 0.250 e. The lowest BCUT2D eigenvalue weighted by molar-refractivity contribution is 0.294. The number of pyridine rings is 1. The molecule has 106 valence electrons. The van der Waals surface area contributed by atoms with Gasteiger partial charge in [0.2, 0.25) is 0 Å². The van der Waals surface area contributed by atoms with Crippen LogP contribution in [0.5, 0.6) is 11.5 Å². The molecule has 5 nitrogen and oxygen atoms in total. The van der Waals surface area contributed by atoms with E-state index in [4.69, 9.17) is 15.2 Å². The average molecular weight is 339 g/mol. The zero-order chi connectivity index (χ0) is 14.5. The average Bonchev–Trinajstić information content (AvgIpc) is 2.44. The van der Waals surface area contributed by atoms with Crippen molar-refractivity contribution in [2.24, 2.45) is 0 Å². The number of halogens is 1. The number of nitrogens with two attached hydrogens (primary N) is 1. The van der Waals surface area contributed by atoms with Crippen molar-refractivity contribution in [3.63, 3.8) is 0 Å². The van der Waals surface area contributed by atoms with Crippen molar-refractivity contribution in [2.75, 3.05) is 19.5 Å². The fourth-order valence-corrected chi connectivity index (χ4v) is 2.18. The van der Waals surface area contributed by atoms with Crippen LogP contribution in [0, 0.1) is 0 Å². The number of aromatic nitrogens is 1. The largest absolute Gasteiger partial charge is 0.497 e. The first-order chi connectivity index (χ1) is 9.60. The normalized spacial score (nSPS) is 10.3. The monoisotopic (exact) mass is 338 g/mol. The second-order valence-corrected chi connectivity index (χ2v) is 4.99. The van der Waals surface area contributed by atoms with Crippen molar-refractivity contribution in [3.05, 3.63) is 51.4 Å². The van der Waals surface area contributed by atoms with Gasteiger partial charge in [0.1, 0.15) is 18.1 Å². The summed E-state index contributed by atoms with van der Waals surface area (Å²) in [5.41, 5.74) is 6.10. The van der Waals surface area contributed by atoms with Gasteiger partial charge < -0.3 is 19.8 Å². The van der Waals surface area contributed by atoms with Gasteiger partial charge in [-0.25, -0.2) is 0 Å². The highest BCUT2D eigenvalue weighted by Gasteiger charge is 2.03. The van der Waals surface area contributed by atoms with Crippen molar-refractivity contribution in [1.29, 1.82) is 0 Å². The van der Waals surface area contributed by atoms with Crippen LogP contribution in [0.1, 0.15) is 0 Å². The standard InChI is InChI=1S/C14H15BrN2O3/c1-19-11-3-4-13(12(15)8-11)20-7-6-17-9-10(16)2-5-14(17)18/h2-5,8-9H,6-7,16H2,1H3. The van der Waals surface area contributed by atoms with E-state index in [1.54, 1.807) is 19.4 Å². The zero-order valence-corrected chi connectivity index (χ0v) is 12.6. The molecule has 0 bridgehead atoms. The lowest BCUT2D eigenvalue weighted by Gasteiger charge is -2.11. The van der Waals surface area contributed by atoms with Gasteiger partial charge in [-0.2, -0.15) is 0 Å². The molecule has 0 aliphatic rings. The molecule has 1 heterocycles. The predicted molar refractivity (Wildman–Crippen MR) is 81.3 cm³/mol. The van der Waals surface area contributed by atoms with Crippen LogP contribution in [0.4, 0.5) is 5.69 Å². The van der Waals surface area contributed by atoms with Gasteiger partial charge in [0.05, 0.1) is 18.1 Å². The van der Waals surface area contributed by atoms with Crippen LogP contribution in [0.2, 0.25) is 0 Å². The summed E-state index contributed by atoms with van der Waals surface area (Å²) in [6, 6.07) is 8.47. The van der Waals surface area contributed by atoms with Gasteiger partial charge >= 0.3 is 0 Å². The minimum Gasteiger partial charge on any atom is -0.497 e. The second kappa shape index (κ2) is 6.47. The first-order valence-electron chi connectivity index (χ1n) is 6.02. The maximum atomic E-state index is 11.6. The van der Waals surface area contributed by atoms with E-state index in [9.17, 15) is 4.79 Å². The van der Waals surface area contributed by atoms with Crippen LogP contribution >= 0.6 is 15.9 Å². The molecule has 1 aromatic heterocycles. The minimum atomic E-state index is -0.100.